The lowest BCUT2D eigenvalue weighted by atomic mass is 10.1. The van der Waals surface area contributed by atoms with Crippen molar-refractivity contribution in [2.75, 3.05) is 13.6 Å². The van der Waals surface area contributed by atoms with Crippen LogP contribution in [0.2, 0.25) is 10.0 Å². The quantitative estimate of drug-likeness (QED) is 0.586. The van der Waals surface area contributed by atoms with E-state index < -0.39 is 27.9 Å². The third kappa shape index (κ3) is 4.85. The first-order valence-corrected chi connectivity index (χ1v) is 12.4. The zero-order chi connectivity index (χ0) is 24.3. The van der Waals surface area contributed by atoms with Crippen molar-refractivity contribution in [3.63, 3.8) is 0 Å². The van der Waals surface area contributed by atoms with Gasteiger partial charge in [-0.2, -0.15) is 0 Å². The number of hydrogen-bond acceptors (Lipinski definition) is 5. The van der Waals surface area contributed by atoms with Crippen LogP contribution >= 0.6 is 23.2 Å². The van der Waals surface area contributed by atoms with Crippen LogP contribution in [0.4, 0.5) is 0 Å². The maximum atomic E-state index is 13.3. The first-order chi connectivity index (χ1) is 15.6. The first kappa shape index (κ1) is 25.0. The van der Waals surface area contributed by atoms with Crippen LogP contribution in [0, 0.1) is 0 Å². The van der Waals surface area contributed by atoms with Crippen LogP contribution in [0.15, 0.2) is 47.4 Å². The highest BCUT2D eigenvalue weighted by Crippen LogP contribution is 2.31. The number of carbonyl (C=O) groups is 3. The van der Waals surface area contributed by atoms with Gasteiger partial charge in [-0.3, -0.25) is 14.4 Å². The summed E-state index contributed by atoms with van der Waals surface area (Å²) in [5.74, 6) is -1.58. The van der Waals surface area contributed by atoms with E-state index in [0.717, 1.165) is 0 Å². The summed E-state index contributed by atoms with van der Waals surface area (Å²) >= 11 is 12.5. The van der Waals surface area contributed by atoms with Crippen molar-refractivity contribution in [3.05, 3.63) is 63.6 Å². The summed E-state index contributed by atoms with van der Waals surface area (Å²) in [4.78, 5) is 39.6. The molecule has 11 heteroatoms. The lowest BCUT2D eigenvalue weighted by molar-refractivity contribution is -0.141. The van der Waals surface area contributed by atoms with E-state index in [1.807, 2.05) is 0 Å². The Labute approximate surface area is 202 Å². The van der Waals surface area contributed by atoms with E-state index in [9.17, 15) is 22.8 Å². The summed E-state index contributed by atoms with van der Waals surface area (Å²) in [6.07, 6.45) is -0.00556. The van der Waals surface area contributed by atoms with Gasteiger partial charge in [0.05, 0.1) is 5.56 Å². The number of rotatable bonds is 8. The smallest absolute Gasteiger partial charge is 0.269 e. The summed E-state index contributed by atoms with van der Waals surface area (Å²) in [6, 6.07) is 9.97. The fourth-order valence-corrected chi connectivity index (χ4v) is 5.82. The van der Waals surface area contributed by atoms with E-state index >= 15 is 0 Å². The number of halogens is 2. The normalized spacial score (nSPS) is 15.2. The van der Waals surface area contributed by atoms with Crippen LogP contribution in [-0.4, -0.2) is 55.0 Å². The van der Waals surface area contributed by atoms with Gasteiger partial charge in [0.25, 0.3) is 15.9 Å². The van der Waals surface area contributed by atoms with Gasteiger partial charge in [0, 0.05) is 42.2 Å². The molecule has 2 aromatic carbocycles. The largest absolute Gasteiger partial charge is 0.357 e. The van der Waals surface area contributed by atoms with Gasteiger partial charge in [-0.05, 0) is 30.7 Å². The van der Waals surface area contributed by atoms with Gasteiger partial charge in [-0.1, -0.05) is 48.3 Å². The first-order valence-electron chi connectivity index (χ1n) is 10.2. The third-order valence-electron chi connectivity index (χ3n) is 5.46. The molecule has 1 aliphatic heterocycles. The molecular formula is C22H23Cl2N3O5S. The lowest BCUT2D eigenvalue weighted by Crippen LogP contribution is -2.49. The van der Waals surface area contributed by atoms with Crippen molar-refractivity contribution < 1.29 is 22.8 Å². The van der Waals surface area contributed by atoms with Gasteiger partial charge in [-0.25, -0.2) is 12.7 Å². The maximum absolute atomic E-state index is 13.3. The van der Waals surface area contributed by atoms with E-state index in [2.05, 4.69) is 5.32 Å². The number of hydrogen-bond donors (Lipinski definition) is 1. The number of benzene rings is 2. The topological polar surface area (TPSA) is 104 Å². The number of amides is 3. The summed E-state index contributed by atoms with van der Waals surface area (Å²) in [5, 5.41) is 3.20. The highest BCUT2D eigenvalue weighted by molar-refractivity contribution is 7.90. The van der Waals surface area contributed by atoms with Crippen molar-refractivity contribution in [1.82, 2.24) is 14.5 Å². The van der Waals surface area contributed by atoms with E-state index in [1.54, 1.807) is 31.2 Å². The van der Waals surface area contributed by atoms with Crippen LogP contribution in [0.25, 0.3) is 0 Å². The SMILES string of the molecule is CC[C@H](C(=O)NC)N(Cc1c(Cl)cccc1Cl)C(=O)CCN1C(=O)c2ccccc2S1(=O)=O. The molecule has 1 heterocycles. The van der Waals surface area contributed by atoms with Crippen LogP contribution in [-0.2, 0) is 26.2 Å². The predicted octanol–water partition coefficient (Wildman–Crippen LogP) is 3.08. The summed E-state index contributed by atoms with van der Waals surface area (Å²) in [6.45, 7) is 1.34. The van der Waals surface area contributed by atoms with Crippen molar-refractivity contribution in [2.45, 2.75) is 37.2 Å². The molecule has 1 aliphatic rings. The van der Waals surface area contributed by atoms with Gasteiger partial charge >= 0.3 is 0 Å². The molecule has 2 aromatic rings. The molecule has 0 saturated carbocycles. The summed E-state index contributed by atoms with van der Waals surface area (Å²) < 4.78 is 26.3. The van der Waals surface area contributed by atoms with Gasteiger partial charge in [0.15, 0.2) is 0 Å². The van der Waals surface area contributed by atoms with E-state index in [-0.39, 0.29) is 35.9 Å². The molecule has 0 fully saturated rings. The molecular weight excluding hydrogens is 489 g/mol. The Bertz CT molecular complexity index is 1180. The Morgan fingerprint density at radius 1 is 1.09 bits per heavy atom. The van der Waals surface area contributed by atoms with Crippen molar-refractivity contribution in [3.8, 4) is 0 Å². The minimum atomic E-state index is -4.04. The fourth-order valence-electron chi connectivity index (χ4n) is 3.73. The number of fused-ring (bicyclic) bond motifs is 1. The van der Waals surface area contributed by atoms with Gasteiger partial charge < -0.3 is 10.2 Å². The molecule has 8 nitrogen and oxygen atoms in total. The summed E-state index contributed by atoms with van der Waals surface area (Å²) in [5.41, 5.74) is 0.537. The molecule has 3 amide bonds. The second-order valence-corrected chi connectivity index (χ2v) is 10.0. The molecule has 33 heavy (non-hydrogen) atoms. The molecule has 0 bridgehead atoms. The molecule has 0 saturated heterocycles. The Morgan fingerprint density at radius 2 is 1.73 bits per heavy atom. The van der Waals surface area contributed by atoms with E-state index in [1.165, 1.54) is 30.1 Å². The van der Waals surface area contributed by atoms with Crippen LogP contribution in [0.1, 0.15) is 35.7 Å². The predicted molar refractivity (Wildman–Crippen MR) is 124 cm³/mol. The highest BCUT2D eigenvalue weighted by Gasteiger charge is 2.41. The monoisotopic (exact) mass is 511 g/mol. The molecule has 176 valence electrons. The average molecular weight is 512 g/mol. The average Bonchev–Trinajstić information content (AvgIpc) is 2.99. The number of carbonyl (C=O) groups excluding carboxylic acids is 3. The maximum Gasteiger partial charge on any atom is 0.269 e. The van der Waals surface area contributed by atoms with Gasteiger partial charge in [-0.15, -0.1) is 0 Å². The number of sulfonamides is 1. The molecule has 0 spiro atoms. The van der Waals surface area contributed by atoms with Crippen LogP contribution < -0.4 is 5.32 Å². The fraction of sp³-hybridized carbons (Fsp3) is 0.318. The Morgan fingerprint density at radius 3 is 2.30 bits per heavy atom. The third-order valence-corrected chi connectivity index (χ3v) is 8.01. The minimum Gasteiger partial charge on any atom is -0.357 e. The minimum absolute atomic E-state index is 0.0514. The van der Waals surface area contributed by atoms with Gasteiger partial charge in [0.2, 0.25) is 11.8 Å². The zero-order valence-corrected chi connectivity index (χ0v) is 20.4. The number of nitrogens with one attached hydrogen (secondary N) is 1. The molecule has 0 unspecified atom stereocenters. The number of nitrogens with zero attached hydrogens (tertiary/aromatic N) is 2. The number of likely N-dealkylation sites (N-methyl/N-ethyl adjacent to an activating group) is 1. The van der Waals surface area contributed by atoms with Crippen molar-refractivity contribution >= 4 is 50.9 Å². The molecule has 0 aliphatic carbocycles. The Balaban J connectivity index is 1.86. The van der Waals surface area contributed by atoms with Crippen molar-refractivity contribution in [2.24, 2.45) is 0 Å². The molecule has 0 radical (unpaired) electrons. The molecule has 1 N–H and O–H groups in total. The van der Waals surface area contributed by atoms with E-state index in [0.29, 0.717) is 26.3 Å². The van der Waals surface area contributed by atoms with Crippen LogP contribution in [0.3, 0.4) is 0 Å². The highest BCUT2D eigenvalue weighted by atomic mass is 35.5. The second-order valence-electron chi connectivity index (χ2n) is 7.39. The van der Waals surface area contributed by atoms with Crippen LogP contribution in [0.5, 0.6) is 0 Å². The summed E-state index contributed by atoms with van der Waals surface area (Å²) in [7, 11) is -2.58. The molecule has 1 atom stereocenters. The van der Waals surface area contributed by atoms with Crippen molar-refractivity contribution in [1.29, 1.82) is 0 Å². The lowest BCUT2D eigenvalue weighted by Gasteiger charge is -2.31. The second kappa shape index (κ2) is 10.1. The van der Waals surface area contributed by atoms with E-state index in [4.69, 9.17) is 23.2 Å². The Hall–Kier alpha value is -2.62. The van der Waals surface area contributed by atoms with Gasteiger partial charge in [0.1, 0.15) is 10.9 Å². The zero-order valence-electron chi connectivity index (χ0n) is 18.0. The molecule has 3 rings (SSSR count). The standard InChI is InChI=1S/C22H23Cl2N3O5S/c1-3-18(21(29)25-2)26(13-15-16(23)8-6-9-17(15)24)20(28)11-12-27-22(30)14-7-4-5-10-19(14)33(27,31)32/h4-10,18H,3,11-13H2,1-2H3,(H,25,29)/t18-/m1/s1. The Kier molecular flexibility index (Phi) is 7.66. The molecule has 0 aromatic heterocycles.